The van der Waals surface area contributed by atoms with E-state index < -0.39 is 23.5 Å². The molecule has 0 aliphatic carbocycles. The molecule has 0 fully saturated rings. The number of carbonyl (C=O) groups excluding carboxylic acids is 4. The topological polar surface area (TPSA) is 136 Å². The summed E-state index contributed by atoms with van der Waals surface area (Å²) in [5.41, 5.74) is -1.22. The van der Waals surface area contributed by atoms with Gasteiger partial charge in [0.1, 0.15) is 11.2 Å². The predicted molar refractivity (Wildman–Crippen MR) is 231 cm³/mol. The Morgan fingerprint density at radius 3 is 1.55 bits per heavy atom. The summed E-state index contributed by atoms with van der Waals surface area (Å²) in [5, 5.41) is 0. The molecule has 0 aromatic heterocycles. The van der Waals surface area contributed by atoms with Gasteiger partial charge in [-0.2, -0.15) is 23.5 Å². The number of ether oxygens (including phenoxy) is 7. The van der Waals surface area contributed by atoms with Crippen LogP contribution in [0.1, 0.15) is 141 Å². The van der Waals surface area contributed by atoms with Crippen molar-refractivity contribution in [3.8, 4) is 0 Å². The Morgan fingerprint density at radius 2 is 1.05 bits per heavy atom. The van der Waals surface area contributed by atoms with Crippen LogP contribution >= 0.6 is 35.3 Å². The molecule has 330 valence electrons. The average molecular weight is 856 g/mol. The summed E-state index contributed by atoms with van der Waals surface area (Å²) >= 11 is 5.73. The summed E-state index contributed by atoms with van der Waals surface area (Å²) in [6.45, 7) is 25.9. The summed E-state index contributed by atoms with van der Waals surface area (Å²) in [6.07, 6.45) is 5.04. The highest BCUT2D eigenvalue weighted by molar-refractivity contribution is 8.00. The van der Waals surface area contributed by atoms with Crippen molar-refractivity contribution in [2.24, 2.45) is 0 Å². The van der Waals surface area contributed by atoms with Gasteiger partial charge in [-0.15, -0.1) is 11.8 Å². The van der Waals surface area contributed by atoms with Gasteiger partial charge in [0.2, 0.25) is 0 Å². The van der Waals surface area contributed by atoms with Gasteiger partial charge >= 0.3 is 24.2 Å². The van der Waals surface area contributed by atoms with E-state index in [0.717, 1.165) is 75.0 Å². The van der Waals surface area contributed by atoms with E-state index in [1.807, 2.05) is 76.8 Å². The molecule has 0 heterocycles. The zero-order valence-electron chi connectivity index (χ0n) is 37.0. The third-order valence-electron chi connectivity index (χ3n) is 8.43. The minimum absolute atomic E-state index is 0.0888. The Kier molecular flexibility index (Phi) is 28.0. The number of thioether (sulfide) groups is 3. The lowest BCUT2D eigenvalue weighted by Gasteiger charge is -2.30. The van der Waals surface area contributed by atoms with Crippen LogP contribution in [-0.4, -0.2) is 125 Å². The van der Waals surface area contributed by atoms with Gasteiger partial charge in [0.05, 0.1) is 38.6 Å². The van der Waals surface area contributed by atoms with Gasteiger partial charge in [-0.3, -0.25) is 14.5 Å². The lowest BCUT2D eigenvalue weighted by Crippen LogP contribution is -2.34. The first-order valence-corrected chi connectivity index (χ1v) is 23.2. The van der Waals surface area contributed by atoms with Gasteiger partial charge in [0.15, 0.2) is 0 Å². The largest absolute Gasteiger partial charge is 0.508 e. The molecule has 56 heavy (non-hydrogen) atoms. The van der Waals surface area contributed by atoms with Crippen molar-refractivity contribution in [3.63, 3.8) is 0 Å². The number of hydrogen-bond donors (Lipinski definition) is 0. The van der Waals surface area contributed by atoms with E-state index >= 15 is 0 Å². The molecule has 0 bridgehead atoms. The molecule has 0 aromatic carbocycles. The Morgan fingerprint density at radius 1 is 0.589 bits per heavy atom. The number of esters is 2. The monoisotopic (exact) mass is 855 g/mol. The fourth-order valence-corrected chi connectivity index (χ4v) is 8.73. The Labute approximate surface area is 352 Å². The number of hydrogen-bond acceptors (Lipinski definition) is 15. The van der Waals surface area contributed by atoms with Gasteiger partial charge in [-0.25, -0.2) is 9.59 Å². The molecule has 0 spiro atoms. The van der Waals surface area contributed by atoms with Crippen LogP contribution in [0.25, 0.3) is 0 Å². The fourth-order valence-electron chi connectivity index (χ4n) is 5.77. The highest BCUT2D eigenvalue weighted by Gasteiger charge is 2.27. The SMILES string of the molecule is CC(=O)OC(C)CCCOC(=O)OC(C)(C)CCCSC(C)(C)CN(C)CSCCOCCSC(C)(C)CCCC(C)(C)OC(=O)OCCCC(C)OC(C)=O. The molecule has 2 atom stereocenters. The Bertz CT molecular complexity index is 1120. The molecule has 0 aliphatic rings. The summed E-state index contributed by atoms with van der Waals surface area (Å²) in [6, 6.07) is 0. The molecule has 12 nitrogen and oxygen atoms in total. The number of rotatable bonds is 32. The molecule has 15 heteroatoms. The van der Waals surface area contributed by atoms with Crippen LogP contribution in [0, 0.1) is 0 Å². The maximum atomic E-state index is 12.2. The molecular weight excluding hydrogens is 779 g/mol. The van der Waals surface area contributed by atoms with E-state index in [2.05, 4.69) is 39.6 Å². The summed E-state index contributed by atoms with van der Waals surface area (Å²) in [5.74, 6) is 3.16. The van der Waals surface area contributed by atoms with Gasteiger partial charge in [-0.1, -0.05) is 13.8 Å². The minimum Gasteiger partial charge on any atom is -0.463 e. The smallest absolute Gasteiger partial charge is 0.463 e. The van der Waals surface area contributed by atoms with Crippen molar-refractivity contribution in [2.45, 2.75) is 174 Å². The van der Waals surface area contributed by atoms with Crippen LogP contribution < -0.4 is 0 Å². The third kappa shape index (κ3) is 33.4. The second-order valence-electron chi connectivity index (χ2n) is 16.9. The van der Waals surface area contributed by atoms with Crippen LogP contribution in [0.4, 0.5) is 9.59 Å². The zero-order chi connectivity index (χ0) is 42.8. The zero-order valence-corrected chi connectivity index (χ0v) is 39.5. The van der Waals surface area contributed by atoms with Crippen molar-refractivity contribution in [1.82, 2.24) is 4.90 Å². The number of carbonyl (C=O) groups is 4. The van der Waals surface area contributed by atoms with Crippen molar-refractivity contribution < 1.29 is 52.3 Å². The highest BCUT2D eigenvalue weighted by atomic mass is 32.2. The van der Waals surface area contributed by atoms with E-state index in [9.17, 15) is 19.2 Å². The third-order valence-corrected chi connectivity index (χ3v) is 12.3. The van der Waals surface area contributed by atoms with Crippen molar-refractivity contribution in [3.05, 3.63) is 0 Å². The molecule has 0 saturated carbocycles. The molecule has 0 radical (unpaired) electrons. The first-order valence-electron chi connectivity index (χ1n) is 20.1. The maximum absolute atomic E-state index is 12.2. The molecule has 0 aromatic rings. The summed E-state index contributed by atoms with van der Waals surface area (Å²) < 4.78 is 37.8. The standard InChI is InChI=1S/C41H77NO11S3/c1-32(50-34(3)43)18-14-23-48-36(45)52-38(5,6)20-16-22-40(9,10)56-29-26-47-25-28-54-31-42(13)30-41(11,12)55-27-17-21-39(7,8)53-37(46)49-24-15-19-33(2)51-35(4)44/h32-33H,14-31H2,1-13H3. The van der Waals surface area contributed by atoms with Crippen LogP contribution in [0.15, 0.2) is 0 Å². The molecule has 2 unspecified atom stereocenters. The summed E-state index contributed by atoms with van der Waals surface area (Å²) in [4.78, 5) is 48.7. The van der Waals surface area contributed by atoms with Crippen LogP contribution in [-0.2, 0) is 42.7 Å². The van der Waals surface area contributed by atoms with Crippen LogP contribution in [0.3, 0.4) is 0 Å². The van der Waals surface area contributed by atoms with Crippen LogP contribution in [0.2, 0.25) is 0 Å². The quantitative estimate of drug-likeness (QED) is 0.0275. The highest BCUT2D eigenvalue weighted by Crippen LogP contribution is 2.32. The minimum atomic E-state index is -0.663. The van der Waals surface area contributed by atoms with Gasteiger partial charge < -0.3 is 33.2 Å². The molecule has 0 aliphatic heterocycles. The van der Waals surface area contributed by atoms with E-state index in [-0.39, 0.29) is 46.9 Å². The lowest BCUT2D eigenvalue weighted by molar-refractivity contribution is -0.146. The predicted octanol–water partition coefficient (Wildman–Crippen LogP) is 9.93. The normalized spacial score (nSPS) is 13.5. The molecule has 0 saturated heterocycles. The van der Waals surface area contributed by atoms with Gasteiger partial charge in [-0.05, 0) is 126 Å². The van der Waals surface area contributed by atoms with Crippen molar-refractivity contribution in [1.29, 1.82) is 0 Å². The molecule has 0 rings (SSSR count). The second-order valence-corrected chi connectivity index (χ2v) is 21.6. The fraction of sp³-hybridized carbons (Fsp3) is 0.902. The van der Waals surface area contributed by atoms with Crippen molar-refractivity contribution in [2.75, 3.05) is 63.2 Å². The Hall–Kier alpha value is -1.55. The van der Waals surface area contributed by atoms with E-state index in [4.69, 9.17) is 33.2 Å². The van der Waals surface area contributed by atoms with Gasteiger partial charge in [0.25, 0.3) is 0 Å². The van der Waals surface area contributed by atoms with Crippen LogP contribution in [0.5, 0.6) is 0 Å². The van der Waals surface area contributed by atoms with E-state index in [0.29, 0.717) is 25.7 Å². The number of nitrogens with zero attached hydrogens (tertiary/aromatic N) is 1. The Balaban J connectivity index is 4.05. The second kappa shape index (κ2) is 28.8. The van der Waals surface area contributed by atoms with Crippen molar-refractivity contribution >= 4 is 59.5 Å². The lowest BCUT2D eigenvalue weighted by atomic mass is 9.97. The van der Waals surface area contributed by atoms with E-state index in [1.165, 1.54) is 13.8 Å². The first-order chi connectivity index (χ1) is 25.9. The van der Waals surface area contributed by atoms with E-state index in [1.54, 1.807) is 0 Å². The maximum Gasteiger partial charge on any atom is 0.508 e. The average Bonchev–Trinajstić information content (AvgIpc) is 3.03. The molecule has 0 amide bonds. The first kappa shape index (κ1) is 54.5. The summed E-state index contributed by atoms with van der Waals surface area (Å²) in [7, 11) is 2.16. The van der Waals surface area contributed by atoms with Gasteiger partial charge in [0, 0.05) is 47.3 Å². The molecule has 0 N–H and O–H groups in total. The molecular formula is C41H77NO11S3.